The summed E-state index contributed by atoms with van der Waals surface area (Å²) in [5, 5.41) is 6.06. The van der Waals surface area contributed by atoms with Crippen molar-refractivity contribution in [2.45, 2.75) is 0 Å². The number of carbonyl (C=O) groups excluding carboxylic acids is 1. The summed E-state index contributed by atoms with van der Waals surface area (Å²) in [7, 11) is 0. The Morgan fingerprint density at radius 1 is 1.41 bits per heavy atom. The van der Waals surface area contributed by atoms with Crippen LogP contribution in [0.2, 0.25) is 10.0 Å². The van der Waals surface area contributed by atoms with Crippen molar-refractivity contribution in [1.29, 1.82) is 0 Å². The number of rotatable bonds is 4. The van der Waals surface area contributed by atoms with Crippen LogP contribution in [0.1, 0.15) is 0 Å². The van der Waals surface area contributed by atoms with Crippen molar-refractivity contribution in [2.24, 2.45) is 0 Å². The minimum atomic E-state index is -0.236. The van der Waals surface area contributed by atoms with Crippen molar-refractivity contribution < 1.29 is 4.79 Å². The predicted octanol–water partition coefficient (Wildman–Crippen LogP) is 2.92. The van der Waals surface area contributed by atoms with E-state index in [-0.39, 0.29) is 12.5 Å². The maximum Gasteiger partial charge on any atom is 0.238 e. The van der Waals surface area contributed by atoms with E-state index in [1.807, 2.05) is 0 Å². The van der Waals surface area contributed by atoms with Crippen molar-refractivity contribution in [1.82, 2.24) is 5.32 Å². The minimum Gasteiger partial charge on any atom is -0.324 e. The molecule has 3 nitrogen and oxygen atoms in total. The summed E-state index contributed by atoms with van der Waals surface area (Å²) in [5.41, 5.74) is 0.465. The summed E-state index contributed by atoms with van der Waals surface area (Å²) in [6.07, 6.45) is 5.04. The maximum absolute atomic E-state index is 11.5. The van der Waals surface area contributed by atoms with E-state index >= 15 is 0 Å². The standard InChI is InChI=1S/C11H9BrCl2N2O/c1-2-5-15-6-9(17)16-8-4-3-7(12)10(13)11(8)14/h1,3-4,15H,5-6H2,(H,16,17). The molecule has 0 heterocycles. The van der Waals surface area contributed by atoms with Gasteiger partial charge in [0.05, 0.1) is 28.8 Å². The Bertz CT molecular complexity index is 471. The zero-order chi connectivity index (χ0) is 12.8. The fourth-order valence-electron chi connectivity index (χ4n) is 1.07. The van der Waals surface area contributed by atoms with Gasteiger partial charge in [-0.1, -0.05) is 29.1 Å². The van der Waals surface area contributed by atoms with Gasteiger partial charge in [-0.15, -0.1) is 6.42 Å². The van der Waals surface area contributed by atoms with Gasteiger partial charge < -0.3 is 5.32 Å². The molecule has 0 spiro atoms. The Kier molecular flexibility index (Phi) is 5.79. The third-order valence-electron chi connectivity index (χ3n) is 1.82. The average molecular weight is 336 g/mol. The van der Waals surface area contributed by atoms with E-state index in [1.165, 1.54) is 0 Å². The molecule has 0 bridgehead atoms. The fraction of sp³-hybridized carbons (Fsp3) is 0.182. The third-order valence-corrected chi connectivity index (χ3v) is 3.59. The summed E-state index contributed by atoms with van der Waals surface area (Å²) >= 11 is 15.1. The van der Waals surface area contributed by atoms with Crippen molar-refractivity contribution in [3.63, 3.8) is 0 Å². The predicted molar refractivity (Wildman–Crippen MR) is 74.5 cm³/mol. The number of halogens is 3. The van der Waals surface area contributed by atoms with E-state index in [9.17, 15) is 4.79 Å². The van der Waals surface area contributed by atoms with Crippen LogP contribution in [0.5, 0.6) is 0 Å². The van der Waals surface area contributed by atoms with Crippen LogP contribution in [0.3, 0.4) is 0 Å². The van der Waals surface area contributed by atoms with Crippen LogP contribution in [0.4, 0.5) is 5.69 Å². The van der Waals surface area contributed by atoms with Crippen LogP contribution >= 0.6 is 39.1 Å². The average Bonchev–Trinajstić information content (AvgIpc) is 2.30. The Morgan fingerprint density at radius 2 is 2.12 bits per heavy atom. The molecule has 17 heavy (non-hydrogen) atoms. The van der Waals surface area contributed by atoms with Crippen LogP contribution in [0.25, 0.3) is 0 Å². The third kappa shape index (κ3) is 4.21. The van der Waals surface area contributed by atoms with E-state index in [0.717, 1.165) is 0 Å². The largest absolute Gasteiger partial charge is 0.324 e. The van der Waals surface area contributed by atoms with Gasteiger partial charge in [0.15, 0.2) is 0 Å². The van der Waals surface area contributed by atoms with Crippen molar-refractivity contribution in [3.05, 3.63) is 26.7 Å². The summed E-state index contributed by atoms with van der Waals surface area (Å²) in [6, 6.07) is 3.37. The van der Waals surface area contributed by atoms with E-state index in [0.29, 0.717) is 26.8 Å². The van der Waals surface area contributed by atoms with Gasteiger partial charge in [0.2, 0.25) is 5.91 Å². The Hall–Kier alpha value is -0.730. The summed E-state index contributed by atoms with van der Waals surface area (Å²) in [5.74, 6) is 2.13. The van der Waals surface area contributed by atoms with Crippen LogP contribution in [0.15, 0.2) is 16.6 Å². The molecule has 0 aliphatic carbocycles. The first-order chi connectivity index (χ1) is 8.06. The lowest BCUT2D eigenvalue weighted by Gasteiger charge is -2.09. The van der Waals surface area contributed by atoms with E-state index < -0.39 is 0 Å². The molecule has 6 heteroatoms. The van der Waals surface area contributed by atoms with Gasteiger partial charge in [0.25, 0.3) is 0 Å². The van der Waals surface area contributed by atoms with E-state index in [2.05, 4.69) is 32.5 Å². The summed E-state index contributed by atoms with van der Waals surface area (Å²) in [6.45, 7) is 0.455. The van der Waals surface area contributed by atoms with Gasteiger partial charge in [-0.05, 0) is 28.1 Å². The highest BCUT2D eigenvalue weighted by atomic mass is 79.9. The molecule has 0 aliphatic rings. The molecule has 0 unspecified atom stereocenters. The number of carbonyl (C=O) groups is 1. The van der Waals surface area contributed by atoms with Crippen LogP contribution < -0.4 is 10.6 Å². The number of hydrogen-bond donors (Lipinski definition) is 2. The lowest BCUT2D eigenvalue weighted by atomic mass is 10.3. The summed E-state index contributed by atoms with van der Waals surface area (Å²) in [4.78, 5) is 11.5. The molecule has 0 aromatic heterocycles. The first-order valence-corrected chi connectivity index (χ1v) is 6.18. The number of anilines is 1. The van der Waals surface area contributed by atoms with Gasteiger partial charge >= 0.3 is 0 Å². The maximum atomic E-state index is 11.5. The highest BCUT2D eigenvalue weighted by Gasteiger charge is 2.10. The van der Waals surface area contributed by atoms with Gasteiger partial charge in [0.1, 0.15) is 0 Å². The molecule has 1 aromatic carbocycles. The van der Waals surface area contributed by atoms with Crippen LogP contribution in [0, 0.1) is 12.3 Å². The van der Waals surface area contributed by atoms with Gasteiger partial charge in [-0.3, -0.25) is 10.1 Å². The van der Waals surface area contributed by atoms with E-state index in [1.54, 1.807) is 12.1 Å². The SMILES string of the molecule is C#CCNCC(=O)Nc1ccc(Br)c(Cl)c1Cl. The number of nitrogens with one attached hydrogen (secondary N) is 2. The number of benzene rings is 1. The molecule has 0 saturated heterocycles. The van der Waals surface area contributed by atoms with Crippen molar-refractivity contribution >= 4 is 50.7 Å². The second-order valence-electron chi connectivity index (χ2n) is 3.08. The van der Waals surface area contributed by atoms with Crippen LogP contribution in [-0.2, 0) is 4.79 Å². The number of terminal acetylenes is 1. The molecule has 1 amide bonds. The molecule has 1 rings (SSSR count). The van der Waals surface area contributed by atoms with Gasteiger partial charge in [-0.25, -0.2) is 0 Å². The highest BCUT2D eigenvalue weighted by molar-refractivity contribution is 9.10. The highest BCUT2D eigenvalue weighted by Crippen LogP contribution is 2.35. The normalized spacial score (nSPS) is 9.76. The second kappa shape index (κ2) is 6.87. The van der Waals surface area contributed by atoms with Gasteiger partial charge in [0, 0.05) is 4.47 Å². The minimum absolute atomic E-state index is 0.119. The van der Waals surface area contributed by atoms with Crippen molar-refractivity contribution in [3.8, 4) is 12.3 Å². The topological polar surface area (TPSA) is 41.1 Å². The molecule has 1 aromatic rings. The molecule has 0 atom stereocenters. The molecule has 0 fully saturated rings. The van der Waals surface area contributed by atoms with E-state index in [4.69, 9.17) is 29.6 Å². The summed E-state index contributed by atoms with van der Waals surface area (Å²) < 4.78 is 0.674. The van der Waals surface area contributed by atoms with Crippen LogP contribution in [-0.4, -0.2) is 19.0 Å². The lowest BCUT2D eigenvalue weighted by molar-refractivity contribution is -0.115. The number of hydrogen-bond acceptors (Lipinski definition) is 2. The van der Waals surface area contributed by atoms with Crippen molar-refractivity contribution in [2.75, 3.05) is 18.4 Å². The molecule has 0 radical (unpaired) electrons. The molecule has 2 N–H and O–H groups in total. The molecular weight excluding hydrogens is 327 g/mol. The Morgan fingerprint density at radius 3 is 2.76 bits per heavy atom. The molecule has 0 saturated carbocycles. The number of amides is 1. The van der Waals surface area contributed by atoms with Gasteiger partial charge in [-0.2, -0.15) is 0 Å². The fourth-order valence-corrected chi connectivity index (χ4v) is 1.89. The molecule has 90 valence electrons. The zero-order valence-corrected chi connectivity index (χ0v) is 11.8. The monoisotopic (exact) mass is 334 g/mol. The lowest BCUT2D eigenvalue weighted by Crippen LogP contribution is -2.28. The first kappa shape index (κ1) is 14.3. The molecular formula is C11H9BrCl2N2O. The smallest absolute Gasteiger partial charge is 0.238 e. The second-order valence-corrected chi connectivity index (χ2v) is 4.69. The Balaban J connectivity index is 2.66. The first-order valence-electron chi connectivity index (χ1n) is 4.63. The Labute approximate surface area is 118 Å². The zero-order valence-electron chi connectivity index (χ0n) is 8.69. The quantitative estimate of drug-likeness (QED) is 0.504. The molecule has 0 aliphatic heterocycles.